The fourth-order valence-electron chi connectivity index (χ4n) is 4.33. The summed E-state index contributed by atoms with van der Waals surface area (Å²) in [4.78, 5) is 39.7. The van der Waals surface area contributed by atoms with Crippen LogP contribution in [0.5, 0.6) is 0 Å². The van der Waals surface area contributed by atoms with E-state index in [1.807, 2.05) is 6.07 Å². The van der Waals surface area contributed by atoms with E-state index in [0.717, 1.165) is 23.8 Å². The molecule has 1 aliphatic heterocycles. The standard InChI is InChI=1S/C25H21F3N6O5/c1-4-39-24(37)30-18-10-14(12-29)8-9-17(18)20-19(21(35)38-3)13(2)33(22-31-32-23(36)34(20)22)16-7-5-6-15(11-16)25(26,27)28/h5-11,20H,4H2,1-3H3,(H,30,37)(H,32,36)/t20-/m1/s1. The Labute approximate surface area is 219 Å². The number of carbonyl (C=O) groups is 2. The zero-order chi connectivity index (χ0) is 28.5. The van der Waals surface area contributed by atoms with Crippen LogP contribution in [0.15, 0.2) is 58.5 Å². The van der Waals surface area contributed by atoms with Gasteiger partial charge in [-0.25, -0.2) is 24.0 Å². The number of nitrogens with zero attached hydrogens (tertiary/aromatic N) is 4. The van der Waals surface area contributed by atoms with E-state index < -0.39 is 35.5 Å². The number of fused-ring (bicyclic) bond motifs is 1. The van der Waals surface area contributed by atoms with Crippen LogP contribution < -0.4 is 15.9 Å². The van der Waals surface area contributed by atoms with E-state index in [1.165, 1.54) is 42.2 Å². The minimum atomic E-state index is -4.65. The topological polar surface area (TPSA) is 142 Å². The normalized spacial score (nSPS) is 14.9. The number of aromatic amines is 1. The number of methoxy groups -OCH3 is 1. The predicted molar refractivity (Wildman–Crippen MR) is 131 cm³/mol. The van der Waals surface area contributed by atoms with Crippen molar-refractivity contribution in [2.24, 2.45) is 0 Å². The number of nitriles is 1. The summed E-state index contributed by atoms with van der Waals surface area (Å²) in [5, 5.41) is 18.2. The number of benzene rings is 2. The lowest BCUT2D eigenvalue weighted by atomic mass is 9.92. The van der Waals surface area contributed by atoms with Crippen LogP contribution in [0.3, 0.4) is 0 Å². The first-order valence-corrected chi connectivity index (χ1v) is 11.4. The molecule has 0 saturated carbocycles. The first-order valence-electron chi connectivity index (χ1n) is 11.4. The number of ether oxygens (including phenoxy) is 2. The van der Waals surface area contributed by atoms with E-state index in [9.17, 15) is 32.8 Å². The molecule has 0 spiro atoms. The van der Waals surface area contributed by atoms with E-state index in [4.69, 9.17) is 9.47 Å². The lowest BCUT2D eigenvalue weighted by molar-refractivity contribution is -0.138. The average Bonchev–Trinajstić information content (AvgIpc) is 3.28. The zero-order valence-electron chi connectivity index (χ0n) is 20.8. The van der Waals surface area contributed by atoms with Gasteiger partial charge in [0, 0.05) is 16.9 Å². The number of hydrogen-bond acceptors (Lipinski definition) is 8. The van der Waals surface area contributed by atoms with Crippen molar-refractivity contribution in [2.45, 2.75) is 26.1 Å². The molecule has 14 heteroatoms. The van der Waals surface area contributed by atoms with E-state index in [2.05, 4.69) is 15.5 Å². The molecule has 0 aliphatic carbocycles. The van der Waals surface area contributed by atoms with Crippen LogP contribution in [-0.4, -0.2) is 40.5 Å². The lowest BCUT2D eigenvalue weighted by Gasteiger charge is -2.36. The third kappa shape index (κ3) is 4.93. The average molecular weight is 542 g/mol. The van der Waals surface area contributed by atoms with Crippen LogP contribution in [0.1, 0.15) is 36.6 Å². The maximum absolute atomic E-state index is 13.5. The number of amides is 1. The second kappa shape index (κ2) is 10.4. The Morgan fingerprint density at radius 1 is 1.23 bits per heavy atom. The molecule has 1 aliphatic rings. The summed E-state index contributed by atoms with van der Waals surface area (Å²) < 4.78 is 51.5. The molecule has 1 aromatic heterocycles. The van der Waals surface area contributed by atoms with E-state index in [1.54, 1.807) is 6.92 Å². The number of carbonyl (C=O) groups excluding carboxylic acids is 2. The number of anilines is 3. The fourth-order valence-corrected chi connectivity index (χ4v) is 4.33. The molecule has 39 heavy (non-hydrogen) atoms. The SMILES string of the molecule is CCOC(=O)Nc1cc(C#N)ccc1[C@@H]1C(C(=O)OC)=C(C)N(c2cccc(C(F)(F)F)c2)c2n[nH]c(=O)n21. The maximum Gasteiger partial charge on any atom is 0.416 e. The maximum atomic E-state index is 13.5. The van der Waals surface area contributed by atoms with Gasteiger partial charge in [0.1, 0.15) is 6.04 Å². The van der Waals surface area contributed by atoms with Crippen LogP contribution in [-0.2, 0) is 20.4 Å². The number of aromatic nitrogens is 3. The molecule has 0 fully saturated rings. The molecule has 0 radical (unpaired) electrons. The summed E-state index contributed by atoms with van der Waals surface area (Å²) in [5.74, 6) is -1.01. The molecule has 2 aromatic carbocycles. The number of alkyl halides is 3. The molecule has 1 atom stereocenters. The van der Waals surface area contributed by atoms with E-state index in [0.29, 0.717) is 0 Å². The van der Waals surface area contributed by atoms with Crippen LogP contribution in [0, 0.1) is 11.3 Å². The summed E-state index contributed by atoms with van der Waals surface area (Å²) in [7, 11) is 1.11. The van der Waals surface area contributed by atoms with Gasteiger partial charge in [0.05, 0.1) is 42.2 Å². The third-order valence-electron chi connectivity index (χ3n) is 5.97. The monoisotopic (exact) mass is 542 g/mol. The van der Waals surface area contributed by atoms with Gasteiger partial charge in [0.2, 0.25) is 5.95 Å². The Morgan fingerprint density at radius 3 is 2.62 bits per heavy atom. The number of hydrogen-bond donors (Lipinski definition) is 2. The van der Waals surface area contributed by atoms with Gasteiger partial charge < -0.3 is 9.47 Å². The van der Waals surface area contributed by atoms with Crippen molar-refractivity contribution in [2.75, 3.05) is 23.9 Å². The molecule has 1 amide bonds. The Kier molecular flexibility index (Phi) is 7.17. The van der Waals surface area contributed by atoms with Crippen molar-refractivity contribution in [3.63, 3.8) is 0 Å². The van der Waals surface area contributed by atoms with Crippen molar-refractivity contribution in [1.82, 2.24) is 14.8 Å². The van der Waals surface area contributed by atoms with Gasteiger partial charge in [-0.05, 0) is 44.2 Å². The van der Waals surface area contributed by atoms with Crippen molar-refractivity contribution in [3.05, 3.63) is 80.9 Å². The number of esters is 1. The van der Waals surface area contributed by atoms with Crippen LogP contribution in [0.2, 0.25) is 0 Å². The molecular formula is C25H21F3N6O5. The predicted octanol–water partition coefficient (Wildman–Crippen LogP) is 4.22. The van der Waals surface area contributed by atoms with Gasteiger partial charge in [-0.1, -0.05) is 12.1 Å². The molecule has 0 saturated heterocycles. The van der Waals surface area contributed by atoms with Gasteiger partial charge in [-0.3, -0.25) is 10.2 Å². The van der Waals surface area contributed by atoms with Crippen LogP contribution in [0.25, 0.3) is 0 Å². The highest BCUT2D eigenvalue weighted by molar-refractivity contribution is 5.95. The Bertz CT molecular complexity index is 1580. The minimum Gasteiger partial charge on any atom is -0.466 e. The molecular weight excluding hydrogens is 521 g/mol. The summed E-state index contributed by atoms with van der Waals surface area (Å²) in [6.45, 7) is 3.10. The minimum absolute atomic E-state index is 0.0212. The summed E-state index contributed by atoms with van der Waals surface area (Å²) in [5.41, 5.74) is -1.38. The molecule has 0 unspecified atom stereocenters. The summed E-state index contributed by atoms with van der Waals surface area (Å²) >= 11 is 0. The largest absolute Gasteiger partial charge is 0.466 e. The lowest BCUT2D eigenvalue weighted by Crippen LogP contribution is -2.38. The highest BCUT2D eigenvalue weighted by Crippen LogP contribution is 2.44. The first kappa shape index (κ1) is 27.0. The van der Waals surface area contributed by atoms with E-state index in [-0.39, 0.29) is 46.3 Å². The van der Waals surface area contributed by atoms with Crippen LogP contribution in [0.4, 0.5) is 35.3 Å². The number of allylic oxidation sites excluding steroid dienone is 1. The first-order chi connectivity index (χ1) is 18.5. The fraction of sp³-hybridized carbons (Fsp3) is 0.240. The van der Waals surface area contributed by atoms with Gasteiger partial charge in [-0.15, -0.1) is 5.10 Å². The van der Waals surface area contributed by atoms with Crippen molar-refractivity contribution in [3.8, 4) is 6.07 Å². The number of halogens is 3. The van der Waals surface area contributed by atoms with E-state index >= 15 is 0 Å². The quantitative estimate of drug-likeness (QED) is 0.457. The highest BCUT2D eigenvalue weighted by Gasteiger charge is 2.41. The Morgan fingerprint density at radius 2 is 1.97 bits per heavy atom. The molecule has 0 bridgehead atoms. The number of nitrogens with one attached hydrogen (secondary N) is 2. The molecule has 3 aromatic rings. The molecule has 2 heterocycles. The molecule has 2 N–H and O–H groups in total. The Balaban J connectivity index is 2.01. The third-order valence-corrected chi connectivity index (χ3v) is 5.97. The van der Waals surface area contributed by atoms with Gasteiger partial charge in [0.25, 0.3) is 0 Å². The molecule has 4 rings (SSSR count). The molecule has 202 valence electrons. The number of H-pyrrole nitrogens is 1. The summed E-state index contributed by atoms with van der Waals surface area (Å²) in [6.07, 6.45) is -5.51. The Hall–Kier alpha value is -5.06. The smallest absolute Gasteiger partial charge is 0.416 e. The second-order valence-electron chi connectivity index (χ2n) is 8.23. The highest BCUT2D eigenvalue weighted by atomic mass is 19.4. The van der Waals surface area contributed by atoms with Gasteiger partial charge in [-0.2, -0.15) is 18.4 Å². The van der Waals surface area contributed by atoms with Crippen molar-refractivity contribution < 1.29 is 32.2 Å². The second-order valence-corrected chi connectivity index (χ2v) is 8.23. The van der Waals surface area contributed by atoms with Gasteiger partial charge >= 0.3 is 23.9 Å². The molecule has 11 nitrogen and oxygen atoms in total. The van der Waals surface area contributed by atoms with Crippen LogP contribution >= 0.6 is 0 Å². The zero-order valence-corrected chi connectivity index (χ0v) is 20.8. The summed E-state index contributed by atoms with van der Waals surface area (Å²) in [6, 6.07) is 9.17. The van der Waals surface area contributed by atoms with Gasteiger partial charge in [0.15, 0.2) is 0 Å². The van der Waals surface area contributed by atoms with Crippen molar-refractivity contribution in [1.29, 1.82) is 5.26 Å². The number of rotatable bonds is 5. The van der Waals surface area contributed by atoms with Crippen molar-refractivity contribution >= 4 is 29.4 Å².